The maximum Gasteiger partial charge on any atom is 0.132 e. The fourth-order valence-corrected chi connectivity index (χ4v) is 2.88. The molecule has 0 saturated carbocycles. The van der Waals surface area contributed by atoms with Gasteiger partial charge in [-0.3, -0.25) is 0 Å². The first kappa shape index (κ1) is 15.6. The number of H-pyrrole nitrogens is 1. The average Bonchev–Trinajstić information content (AvgIpc) is 2.91. The first-order valence-corrected chi connectivity index (χ1v) is 7.99. The van der Waals surface area contributed by atoms with Gasteiger partial charge in [-0.1, -0.05) is 37.2 Å². The van der Waals surface area contributed by atoms with E-state index in [1.165, 1.54) is 6.07 Å². The minimum absolute atomic E-state index is 0.269. The van der Waals surface area contributed by atoms with Crippen molar-refractivity contribution in [2.75, 3.05) is 6.54 Å². The molecule has 2 N–H and O–H groups in total. The van der Waals surface area contributed by atoms with Gasteiger partial charge in [0.15, 0.2) is 0 Å². The van der Waals surface area contributed by atoms with Crippen molar-refractivity contribution in [3.05, 3.63) is 65.4 Å². The van der Waals surface area contributed by atoms with Crippen molar-refractivity contribution >= 4 is 28.2 Å². The third kappa shape index (κ3) is 2.97. The zero-order chi connectivity index (χ0) is 16.4. The highest BCUT2D eigenvalue weighted by molar-refractivity contribution is 6.31. The Hall–Kier alpha value is -2.26. The molecule has 1 aromatic heterocycles. The van der Waals surface area contributed by atoms with E-state index >= 15 is 0 Å². The molecule has 0 bridgehead atoms. The van der Waals surface area contributed by atoms with Gasteiger partial charge >= 0.3 is 0 Å². The summed E-state index contributed by atoms with van der Waals surface area (Å²) in [5.41, 5.74) is 3.77. The van der Waals surface area contributed by atoms with Crippen molar-refractivity contribution in [2.45, 2.75) is 13.3 Å². The molecule has 3 aromatic rings. The summed E-state index contributed by atoms with van der Waals surface area (Å²) < 4.78 is 14.3. The second-order valence-electron chi connectivity index (χ2n) is 5.45. The maximum atomic E-state index is 14.3. The molecule has 0 aliphatic heterocycles. The molecule has 0 unspecified atom stereocenters. The number of nitrogens with one attached hydrogen (secondary N) is 2. The Morgan fingerprint density at radius 2 is 2.04 bits per heavy atom. The Kier molecular flexibility index (Phi) is 4.39. The van der Waals surface area contributed by atoms with Crippen LogP contribution in [0.15, 0.2) is 49.0 Å². The number of halogens is 2. The van der Waals surface area contributed by atoms with Crippen molar-refractivity contribution in [1.82, 2.24) is 10.3 Å². The molecule has 118 valence electrons. The van der Waals surface area contributed by atoms with Crippen LogP contribution in [0.1, 0.15) is 18.9 Å². The lowest BCUT2D eigenvalue weighted by molar-refractivity contribution is 0.631. The molecule has 0 saturated heterocycles. The van der Waals surface area contributed by atoms with Gasteiger partial charge in [-0.25, -0.2) is 4.39 Å². The zero-order valence-electron chi connectivity index (χ0n) is 12.9. The van der Waals surface area contributed by atoms with Gasteiger partial charge in [0.05, 0.1) is 5.69 Å². The largest absolute Gasteiger partial charge is 0.385 e. The minimum atomic E-state index is -0.269. The Morgan fingerprint density at radius 1 is 1.26 bits per heavy atom. The van der Waals surface area contributed by atoms with Crippen molar-refractivity contribution in [3.8, 4) is 11.3 Å². The summed E-state index contributed by atoms with van der Waals surface area (Å²) in [6.07, 6.45) is 0.983. The Morgan fingerprint density at radius 3 is 2.78 bits per heavy atom. The van der Waals surface area contributed by atoms with Gasteiger partial charge in [0.25, 0.3) is 0 Å². The summed E-state index contributed by atoms with van der Waals surface area (Å²) in [5, 5.41) is 4.87. The number of rotatable bonds is 5. The van der Waals surface area contributed by atoms with Crippen molar-refractivity contribution in [3.63, 3.8) is 0 Å². The molecule has 0 amide bonds. The molecule has 1 heterocycles. The minimum Gasteiger partial charge on any atom is -0.385 e. The molecular weight excluding hydrogens is 311 g/mol. The van der Waals surface area contributed by atoms with Gasteiger partial charge in [-0.2, -0.15) is 0 Å². The molecule has 0 fully saturated rings. The van der Waals surface area contributed by atoms with Crippen LogP contribution in [0.25, 0.3) is 27.9 Å². The first-order chi connectivity index (χ1) is 11.1. The molecule has 23 heavy (non-hydrogen) atoms. The quantitative estimate of drug-likeness (QED) is 0.627. The Balaban J connectivity index is 2.24. The van der Waals surface area contributed by atoms with E-state index in [1.54, 1.807) is 12.1 Å². The lowest BCUT2D eigenvalue weighted by Gasteiger charge is -2.11. The first-order valence-electron chi connectivity index (χ1n) is 7.61. The molecule has 4 heteroatoms. The molecule has 0 atom stereocenters. The standard InChI is InChI=1S/C19H18ClFN2/c1-3-10-22-12(2)18-15-11-13(20)8-9-17(15)23-19(18)14-6-4-5-7-16(14)21/h4-9,11,22-23H,2-3,10H2,1H3. The van der Waals surface area contributed by atoms with Gasteiger partial charge < -0.3 is 10.3 Å². The van der Waals surface area contributed by atoms with Crippen LogP contribution in [0.3, 0.4) is 0 Å². The summed E-state index contributed by atoms with van der Waals surface area (Å²) in [6, 6.07) is 12.3. The number of benzene rings is 2. The number of hydrogen-bond donors (Lipinski definition) is 2. The molecule has 0 aliphatic carbocycles. The summed E-state index contributed by atoms with van der Waals surface area (Å²) in [7, 11) is 0. The van der Waals surface area contributed by atoms with Gasteiger partial charge in [0.2, 0.25) is 0 Å². The normalized spacial score (nSPS) is 10.9. The van der Waals surface area contributed by atoms with Crippen LogP contribution in [0.5, 0.6) is 0 Å². The summed E-state index contributed by atoms with van der Waals surface area (Å²) in [4.78, 5) is 3.31. The number of fused-ring (bicyclic) bond motifs is 1. The number of aromatic amines is 1. The van der Waals surface area contributed by atoms with Crippen molar-refractivity contribution < 1.29 is 4.39 Å². The fourth-order valence-electron chi connectivity index (χ4n) is 2.71. The third-order valence-electron chi connectivity index (χ3n) is 3.79. The van der Waals surface area contributed by atoms with Crippen LogP contribution in [-0.2, 0) is 0 Å². The predicted molar refractivity (Wildman–Crippen MR) is 96.0 cm³/mol. The molecular formula is C19H18ClFN2. The van der Waals surface area contributed by atoms with Crippen LogP contribution in [-0.4, -0.2) is 11.5 Å². The summed E-state index contributed by atoms with van der Waals surface area (Å²) >= 11 is 6.15. The van der Waals surface area contributed by atoms with E-state index in [2.05, 4.69) is 23.8 Å². The monoisotopic (exact) mass is 328 g/mol. The van der Waals surface area contributed by atoms with E-state index < -0.39 is 0 Å². The number of aromatic nitrogens is 1. The highest BCUT2D eigenvalue weighted by atomic mass is 35.5. The van der Waals surface area contributed by atoms with Crippen LogP contribution in [0.4, 0.5) is 4.39 Å². The SMILES string of the molecule is C=C(NCCC)c1c(-c2ccccc2F)[nH]c2ccc(Cl)cc12. The second-order valence-corrected chi connectivity index (χ2v) is 5.89. The lowest BCUT2D eigenvalue weighted by atomic mass is 10.0. The van der Waals surface area contributed by atoms with Gasteiger partial charge in [0.1, 0.15) is 5.82 Å². The van der Waals surface area contributed by atoms with Crippen LogP contribution < -0.4 is 5.32 Å². The van der Waals surface area contributed by atoms with Crippen molar-refractivity contribution in [1.29, 1.82) is 0 Å². The lowest BCUT2D eigenvalue weighted by Crippen LogP contribution is -2.12. The zero-order valence-corrected chi connectivity index (χ0v) is 13.7. The summed E-state index contributed by atoms with van der Waals surface area (Å²) in [5.74, 6) is -0.269. The van der Waals surface area contributed by atoms with Crippen molar-refractivity contribution in [2.24, 2.45) is 0 Å². The molecule has 2 aromatic carbocycles. The van der Waals surface area contributed by atoms with E-state index in [0.717, 1.165) is 35.1 Å². The van der Waals surface area contributed by atoms with Gasteiger partial charge in [-0.05, 0) is 36.8 Å². The second kappa shape index (κ2) is 6.47. The van der Waals surface area contributed by atoms with Crippen LogP contribution >= 0.6 is 11.6 Å². The van der Waals surface area contributed by atoms with E-state index in [-0.39, 0.29) is 5.82 Å². The van der Waals surface area contributed by atoms with Gasteiger partial charge in [0, 0.05) is 39.3 Å². The van der Waals surface area contributed by atoms with E-state index in [9.17, 15) is 4.39 Å². The van der Waals surface area contributed by atoms with Crippen LogP contribution in [0.2, 0.25) is 5.02 Å². The Bertz CT molecular complexity index is 867. The highest BCUT2D eigenvalue weighted by Crippen LogP contribution is 2.36. The molecule has 3 rings (SSSR count). The fraction of sp³-hybridized carbons (Fsp3) is 0.158. The molecule has 2 nitrogen and oxygen atoms in total. The highest BCUT2D eigenvalue weighted by Gasteiger charge is 2.18. The van der Waals surface area contributed by atoms with Crippen LogP contribution in [0, 0.1) is 5.82 Å². The van der Waals surface area contributed by atoms with E-state index in [4.69, 9.17) is 11.6 Å². The van der Waals surface area contributed by atoms with Gasteiger partial charge in [-0.15, -0.1) is 0 Å². The predicted octanol–water partition coefficient (Wildman–Crippen LogP) is 5.60. The molecule has 0 spiro atoms. The Labute approximate surface area is 140 Å². The third-order valence-corrected chi connectivity index (χ3v) is 4.03. The van der Waals surface area contributed by atoms with E-state index in [1.807, 2.05) is 24.3 Å². The molecule has 0 radical (unpaired) electrons. The average molecular weight is 329 g/mol. The number of hydrogen-bond acceptors (Lipinski definition) is 1. The summed E-state index contributed by atoms with van der Waals surface area (Å²) in [6.45, 7) is 7.03. The van der Waals surface area contributed by atoms with E-state index in [0.29, 0.717) is 16.3 Å². The maximum absolute atomic E-state index is 14.3. The molecule has 0 aliphatic rings. The smallest absolute Gasteiger partial charge is 0.132 e. The topological polar surface area (TPSA) is 27.8 Å².